The highest BCUT2D eigenvalue weighted by molar-refractivity contribution is 6.32. The van der Waals surface area contributed by atoms with E-state index in [1.54, 1.807) is 26.8 Å². The van der Waals surface area contributed by atoms with Crippen molar-refractivity contribution in [1.82, 2.24) is 15.6 Å². The number of esters is 1. The first-order valence-electron chi connectivity index (χ1n) is 7.15. The van der Waals surface area contributed by atoms with E-state index < -0.39 is 24.5 Å². The molecule has 23 heavy (non-hydrogen) atoms. The Kier molecular flexibility index (Phi) is 6.96. The fraction of sp³-hybridized carbons (Fsp3) is 0.467. The summed E-state index contributed by atoms with van der Waals surface area (Å²) in [5.41, 5.74) is 1.38. The molecular formula is C15H20ClN3O4. The molecule has 0 fully saturated rings. The standard InChI is InChI=1S/C15H20ClN3O4/c1-5-9(3)18-15(22)19-11(20)7-23-14(21)12-8(2)6-10(4)17-13(12)16/h6,9H,5,7H2,1-4H3,(H2,18,19,20,22)/t9-/m1/s1. The zero-order valence-electron chi connectivity index (χ0n) is 13.5. The minimum absolute atomic E-state index is 0.0161. The summed E-state index contributed by atoms with van der Waals surface area (Å²) in [6, 6.07) is 0.985. The molecule has 1 aromatic rings. The molecule has 7 nitrogen and oxygen atoms in total. The second-order valence-electron chi connectivity index (χ2n) is 5.15. The van der Waals surface area contributed by atoms with Gasteiger partial charge in [-0.05, 0) is 38.8 Å². The molecule has 1 rings (SSSR count). The Bertz CT molecular complexity index is 596. The fourth-order valence-corrected chi connectivity index (χ4v) is 2.12. The summed E-state index contributed by atoms with van der Waals surface area (Å²) < 4.78 is 4.87. The van der Waals surface area contributed by atoms with Crippen molar-refractivity contribution in [2.75, 3.05) is 6.61 Å². The van der Waals surface area contributed by atoms with Crippen LogP contribution in [0, 0.1) is 13.8 Å². The maximum atomic E-state index is 12.0. The smallest absolute Gasteiger partial charge is 0.342 e. The Labute approximate surface area is 139 Å². The van der Waals surface area contributed by atoms with Gasteiger partial charge in [-0.2, -0.15) is 0 Å². The molecule has 0 aromatic carbocycles. The lowest BCUT2D eigenvalue weighted by atomic mass is 10.1. The number of nitrogens with one attached hydrogen (secondary N) is 2. The van der Waals surface area contributed by atoms with Crippen LogP contribution in [0.2, 0.25) is 5.15 Å². The van der Waals surface area contributed by atoms with E-state index >= 15 is 0 Å². The molecule has 1 atom stereocenters. The van der Waals surface area contributed by atoms with E-state index in [9.17, 15) is 14.4 Å². The number of pyridine rings is 1. The highest BCUT2D eigenvalue weighted by atomic mass is 35.5. The van der Waals surface area contributed by atoms with Gasteiger partial charge in [0.2, 0.25) is 0 Å². The van der Waals surface area contributed by atoms with Crippen molar-refractivity contribution >= 4 is 29.5 Å². The van der Waals surface area contributed by atoms with Crippen molar-refractivity contribution in [3.05, 3.63) is 28.0 Å². The van der Waals surface area contributed by atoms with Gasteiger partial charge >= 0.3 is 12.0 Å². The molecule has 126 valence electrons. The molecule has 0 aliphatic carbocycles. The van der Waals surface area contributed by atoms with Crippen LogP contribution in [0.4, 0.5) is 4.79 Å². The molecule has 1 aromatic heterocycles. The first-order chi connectivity index (χ1) is 10.7. The number of urea groups is 1. The predicted molar refractivity (Wildman–Crippen MR) is 85.4 cm³/mol. The Morgan fingerprint density at radius 2 is 2.00 bits per heavy atom. The zero-order chi connectivity index (χ0) is 17.6. The average molecular weight is 342 g/mol. The van der Waals surface area contributed by atoms with Gasteiger partial charge in [-0.15, -0.1) is 0 Å². The number of halogens is 1. The van der Waals surface area contributed by atoms with Crippen molar-refractivity contribution in [3.63, 3.8) is 0 Å². The van der Waals surface area contributed by atoms with E-state index in [4.69, 9.17) is 16.3 Å². The molecule has 0 bridgehead atoms. The number of carbonyl (C=O) groups excluding carboxylic acids is 3. The van der Waals surface area contributed by atoms with Crippen molar-refractivity contribution in [2.45, 2.75) is 40.2 Å². The number of carbonyl (C=O) groups is 3. The van der Waals surface area contributed by atoms with E-state index in [1.807, 2.05) is 6.92 Å². The van der Waals surface area contributed by atoms with Gasteiger partial charge in [-0.1, -0.05) is 18.5 Å². The monoisotopic (exact) mass is 341 g/mol. The number of amides is 3. The van der Waals surface area contributed by atoms with Crippen LogP contribution in [-0.2, 0) is 9.53 Å². The van der Waals surface area contributed by atoms with Gasteiger partial charge < -0.3 is 10.1 Å². The van der Waals surface area contributed by atoms with E-state index in [-0.39, 0.29) is 16.8 Å². The first-order valence-corrected chi connectivity index (χ1v) is 7.53. The van der Waals surface area contributed by atoms with Crippen LogP contribution in [0.5, 0.6) is 0 Å². The lowest BCUT2D eigenvalue weighted by Gasteiger charge is -2.12. The van der Waals surface area contributed by atoms with Crippen LogP contribution in [0.1, 0.15) is 41.9 Å². The van der Waals surface area contributed by atoms with Crippen LogP contribution in [0.3, 0.4) is 0 Å². The van der Waals surface area contributed by atoms with Gasteiger partial charge in [-0.25, -0.2) is 14.6 Å². The number of aryl methyl sites for hydroxylation is 2. The molecule has 3 amide bonds. The van der Waals surface area contributed by atoms with Crippen LogP contribution in [0.25, 0.3) is 0 Å². The van der Waals surface area contributed by atoms with Crippen LogP contribution in [-0.4, -0.2) is 35.5 Å². The molecule has 0 unspecified atom stereocenters. The third-order valence-corrected chi connectivity index (χ3v) is 3.36. The second-order valence-corrected chi connectivity index (χ2v) is 5.51. The average Bonchev–Trinajstić information content (AvgIpc) is 2.43. The summed E-state index contributed by atoms with van der Waals surface area (Å²) in [5, 5.41) is 4.65. The van der Waals surface area contributed by atoms with Crippen molar-refractivity contribution in [1.29, 1.82) is 0 Å². The number of ether oxygens (including phenoxy) is 1. The van der Waals surface area contributed by atoms with Crippen molar-refractivity contribution in [3.8, 4) is 0 Å². The molecule has 1 heterocycles. The number of nitrogens with zero attached hydrogens (tertiary/aromatic N) is 1. The summed E-state index contributed by atoms with van der Waals surface area (Å²) in [7, 11) is 0. The molecule has 0 saturated carbocycles. The zero-order valence-corrected chi connectivity index (χ0v) is 14.3. The molecule has 8 heteroatoms. The summed E-state index contributed by atoms with van der Waals surface area (Å²) in [6.07, 6.45) is 0.731. The Balaban J connectivity index is 2.57. The third kappa shape index (κ3) is 5.86. The minimum atomic E-state index is -0.766. The van der Waals surface area contributed by atoms with Gasteiger partial charge in [0.05, 0.1) is 5.56 Å². The number of imide groups is 1. The molecule has 0 aliphatic heterocycles. The molecule has 0 radical (unpaired) electrons. The van der Waals surface area contributed by atoms with Gasteiger partial charge in [-0.3, -0.25) is 10.1 Å². The van der Waals surface area contributed by atoms with Crippen molar-refractivity contribution < 1.29 is 19.1 Å². The normalized spacial score (nSPS) is 11.5. The van der Waals surface area contributed by atoms with Crippen molar-refractivity contribution in [2.24, 2.45) is 0 Å². The van der Waals surface area contributed by atoms with Crippen LogP contribution >= 0.6 is 11.6 Å². The molecular weight excluding hydrogens is 322 g/mol. The number of rotatable bonds is 5. The van der Waals surface area contributed by atoms with E-state index in [1.165, 1.54) is 0 Å². The van der Waals surface area contributed by atoms with Crippen LogP contribution in [0.15, 0.2) is 6.07 Å². The Morgan fingerprint density at radius 3 is 2.57 bits per heavy atom. The number of hydrogen-bond acceptors (Lipinski definition) is 5. The second kappa shape index (κ2) is 8.47. The van der Waals surface area contributed by atoms with Gasteiger partial charge in [0.25, 0.3) is 5.91 Å². The largest absolute Gasteiger partial charge is 0.452 e. The molecule has 0 spiro atoms. The summed E-state index contributed by atoms with van der Waals surface area (Å²) >= 11 is 5.93. The van der Waals surface area contributed by atoms with Gasteiger partial charge in [0, 0.05) is 11.7 Å². The number of hydrogen-bond donors (Lipinski definition) is 2. The maximum Gasteiger partial charge on any atom is 0.342 e. The highest BCUT2D eigenvalue weighted by Gasteiger charge is 2.19. The molecule has 0 saturated heterocycles. The highest BCUT2D eigenvalue weighted by Crippen LogP contribution is 2.19. The first kappa shape index (κ1) is 18.9. The minimum Gasteiger partial charge on any atom is -0.452 e. The van der Waals surface area contributed by atoms with E-state index in [0.717, 1.165) is 6.42 Å². The number of aromatic nitrogens is 1. The Morgan fingerprint density at radius 1 is 1.35 bits per heavy atom. The Hall–Kier alpha value is -2.15. The van der Waals surface area contributed by atoms with E-state index in [0.29, 0.717) is 11.3 Å². The molecule has 0 aliphatic rings. The lowest BCUT2D eigenvalue weighted by molar-refractivity contribution is -0.123. The third-order valence-electron chi connectivity index (χ3n) is 3.08. The fourth-order valence-electron chi connectivity index (χ4n) is 1.76. The van der Waals surface area contributed by atoms with Gasteiger partial charge in [0.1, 0.15) is 5.15 Å². The summed E-state index contributed by atoms with van der Waals surface area (Å²) in [4.78, 5) is 39.0. The summed E-state index contributed by atoms with van der Waals surface area (Å²) in [5.74, 6) is -1.49. The SMILES string of the molecule is CC[C@@H](C)NC(=O)NC(=O)COC(=O)c1c(C)cc(C)nc1Cl. The topological polar surface area (TPSA) is 97.4 Å². The van der Waals surface area contributed by atoms with E-state index in [2.05, 4.69) is 15.6 Å². The summed E-state index contributed by atoms with van der Waals surface area (Å²) in [6.45, 7) is 6.56. The molecule has 2 N–H and O–H groups in total. The lowest BCUT2D eigenvalue weighted by Crippen LogP contribution is -2.44. The predicted octanol–water partition coefficient (Wildman–Crippen LogP) is 2.13. The van der Waals surface area contributed by atoms with Gasteiger partial charge in [0.15, 0.2) is 6.61 Å². The maximum absolute atomic E-state index is 12.0. The van der Waals surface area contributed by atoms with Crippen LogP contribution < -0.4 is 10.6 Å². The quantitative estimate of drug-likeness (QED) is 0.631.